The summed E-state index contributed by atoms with van der Waals surface area (Å²) in [6.07, 6.45) is 29.5. The molecule has 0 aliphatic heterocycles. The van der Waals surface area contributed by atoms with Crippen molar-refractivity contribution < 1.29 is 9.13 Å². The van der Waals surface area contributed by atoms with E-state index in [0.717, 1.165) is 23.7 Å². The zero-order valence-electron chi connectivity index (χ0n) is 31.9. The lowest BCUT2D eigenvalue weighted by atomic mass is 10.0. The monoisotopic (exact) mass is 804 g/mol. The quantitative estimate of drug-likeness (QED) is 0.0425. The molecule has 0 radical (unpaired) electrons. The number of nitrogens with zero attached hydrogens (tertiary/aromatic N) is 2. The fourth-order valence-electron chi connectivity index (χ4n) is 6.93. The van der Waals surface area contributed by atoms with Gasteiger partial charge in [-0.15, -0.1) is 0 Å². The summed E-state index contributed by atoms with van der Waals surface area (Å²) >= 11 is 6.97. The van der Waals surface area contributed by atoms with Crippen LogP contribution in [0.25, 0.3) is 0 Å². The van der Waals surface area contributed by atoms with Gasteiger partial charge in [-0.2, -0.15) is 0 Å². The van der Waals surface area contributed by atoms with E-state index in [1.807, 2.05) is 0 Å². The largest absolute Gasteiger partial charge is 0.205 e. The molecule has 2 nitrogen and oxygen atoms in total. The van der Waals surface area contributed by atoms with Crippen LogP contribution in [0.3, 0.4) is 0 Å². The highest BCUT2D eigenvalue weighted by molar-refractivity contribution is 9.09. The molecule has 4 heteroatoms. The minimum absolute atomic E-state index is 1.13. The smallest absolute Gasteiger partial charge is 0.171 e. The summed E-state index contributed by atoms with van der Waals surface area (Å²) in [5.41, 5.74) is 11.5. The second kappa shape index (κ2) is 25.6. The topological polar surface area (TPSA) is 7.76 Å². The van der Waals surface area contributed by atoms with Crippen LogP contribution in [0.2, 0.25) is 0 Å². The third-order valence-corrected chi connectivity index (χ3v) is 10.5. The first kappa shape index (κ1) is 42.1. The molecule has 0 unspecified atom stereocenters. The van der Waals surface area contributed by atoms with Crippen LogP contribution in [0.1, 0.15) is 122 Å². The van der Waals surface area contributed by atoms with Gasteiger partial charge >= 0.3 is 0 Å². The van der Waals surface area contributed by atoms with Crippen LogP contribution >= 0.6 is 31.9 Å². The summed E-state index contributed by atoms with van der Waals surface area (Å²) in [7, 11) is 0. The Morgan fingerprint density at radius 2 is 0.680 bits per heavy atom. The molecule has 0 atom stereocenters. The number of unbranched alkanes of at least 4 members (excludes halogenated alkanes) is 8. The van der Waals surface area contributed by atoms with E-state index >= 15 is 0 Å². The van der Waals surface area contributed by atoms with E-state index in [0.29, 0.717) is 0 Å². The maximum atomic E-state index is 3.49. The van der Waals surface area contributed by atoms with Crippen molar-refractivity contribution in [2.24, 2.45) is 0 Å². The number of pyridine rings is 2. The standard InChI is InChI=1S/C30H42N2.C16H24Br2/c1-25-18-26(2)22-31(21-25)16-9-5-7-12-29-14-11-15-30(20-29)13-8-6-10-17-32-23-27(3)19-28(4)24-32;17-12-5-1-3-8-15-10-7-11-16(14-15)9-4-2-6-13-18/h11,14-15,18-24H,5-10,12-13,16-17H2,1-4H3;7,10-11,14H,1-6,8-9,12-13H2/q+2;. The van der Waals surface area contributed by atoms with Crippen molar-refractivity contribution in [1.29, 1.82) is 0 Å². The summed E-state index contributed by atoms with van der Waals surface area (Å²) in [6.45, 7) is 11.0. The number of aryl methyl sites for hydroxylation is 10. The number of rotatable bonds is 22. The van der Waals surface area contributed by atoms with Crippen molar-refractivity contribution in [2.45, 2.75) is 144 Å². The molecule has 0 N–H and O–H groups in total. The SMILES string of the molecule is BrCCCCCc1cccc(CCCCCBr)c1.Cc1cc(C)c[n+](CCCCCc2cccc(CCCCC[n+]3cc(C)cc(C)c3)c2)c1. The lowest BCUT2D eigenvalue weighted by Gasteiger charge is -2.06. The number of alkyl halides is 2. The number of hydrogen-bond acceptors (Lipinski definition) is 0. The van der Waals surface area contributed by atoms with Crippen molar-refractivity contribution in [1.82, 2.24) is 0 Å². The van der Waals surface area contributed by atoms with E-state index in [9.17, 15) is 0 Å². The molecule has 0 fully saturated rings. The maximum absolute atomic E-state index is 3.49. The normalized spacial score (nSPS) is 11.0. The fraction of sp³-hybridized carbons (Fsp3) is 0.522. The van der Waals surface area contributed by atoms with Gasteiger partial charge in [-0.3, -0.25) is 0 Å². The van der Waals surface area contributed by atoms with Gasteiger partial charge in [0.05, 0.1) is 0 Å². The molecule has 50 heavy (non-hydrogen) atoms. The van der Waals surface area contributed by atoms with Crippen molar-refractivity contribution in [3.8, 4) is 0 Å². The number of hydrogen-bond donors (Lipinski definition) is 0. The summed E-state index contributed by atoms with van der Waals surface area (Å²) < 4.78 is 4.70. The highest BCUT2D eigenvalue weighted by atomic mass is 79.9. The molecular weight excluding hydrogens is 740 g/mol. The van der Waals surface area contributed by atoms with Gasteiger partial charge in [0.15, 0.2) is 24.8 Å². The summed E-state index contributed by atoms with van der Waals surface area (Å²) in [6, 6.07) is 23.0. The predicted molar refractivity (Wildman–Crippen MR) is 223 cm³/mol. The first-order chi connectivity index (χ1) is 24.3. The molecular formula is C46H66Br2N2+2. The molecule has 0 aliphatic rings. The van der Waals surface area contributed by atoms with E-state index in [1.165, 1.54) is 147 Å². The van der Waals surface area contributed by atoms with Crippen molar-refractivity contribution in [3.63, 3.8) is 0 Å². The lowest BCUT2D eigenvalue weighted by Crippen LogP contribution is -2.33. The molecule has 272 valence electrons. The van der Waals surface area contributed by atoms with Crippen molar-refractivity contribution in [2.75, 3.05) is 10.7 Å². The molecule has 0 bridgehead atoms. The highest BCUT2D eigenvalue weighted by Crippen LogP contribution is 2.15. The van der Waals surface area contributed by atoms with Gasteiger partial charge in [-0.1, -0.05) is 93.2 Å². The minimum Gasteiger partial charge on any atom is -0.205 e. The molecule has 0 aliphatic carbocycles. The molecule has 0 saturated heterocycles. The molecule has 0 amide bonds. The average Bonchev–Trinajstić information content (AvgIpc) is 3.08. The van der Waals surface area contributed by atoms with Crippen LogP contribution in [-0.2, 0) is 38.8 Å². The molecule has 0 spiro atoms. The van der Waals surface area contributed by atoms with Crippen LogP contribution in [0, 0.1) is 27.7 Å². The summed E-state index contributed by atoms with van der Waals surface area (Å²) in [5.74, 6) is 0. The Morgan fingerprint density at radius 3 is 0.980 bits per heavy atom. The highest BCUT2D eigenvalue weighted by Gasteiger charge is 2.05. The Bertz CT molecular complexity index is 1350. The Labute approximate surface area is 323 Å². The molecule has 2 heterocycles. The summed E-state index contributed by atoms with van der Waals surface area (Å²) in [5, 5.41) is 2.28. The van der Waals surface area contributed by atoms with Gasteiger partial charge in [0.25, 0.3) is 0 Å². The molecule has 2 aromatic carbocycles. The van der Waals surface area contributed by atoms with Crippen molar-refractivity contribution in [3.05, 3.63) is 130 Å². The Hall–Kier alpha value is -2.30. The Morgan fingerprint density at radius 1 is 0.380 bits per heavy atom. The fourth-order valence-corrected chi connectivity index (χ4v) is 7.72. The summed E-state index contributed by atoms with van der Waals surface area (Å²) in [4.78, 5) is 0. The van der Waals surface area contributed by atoms with E-state index in [2.05, 4.69) is 154 Å². The van der Waals surface area contributed by atoms with E-state index in [-0.39, 0.29) is 0 Å². The van der Waals surface area contributed by atoms with Gasteiger partial charge in [-0.05, 0) is 139 Å². The van der Waals surface area contributed by atoms with Crippen LogP contribution in [-0.4, -0.2) is 10.7 Å². The molecule has 4 aromatic rings. The first-order valence-electron chi connectivity index (χ1n) is 19.6. The predicted octanol–water partition coefficient (Wildman–Crippen LogP) is 12.2. The number of benzene rings is 2. The number of aromatic nitrogens is 2. The van der Waals surface area contributed by atoms with Gasteiger partial charge in [0, 0.05) is 45.8 Å². The van der Waals surface area contributed by atoms with Gasteiger partial charge in [-0.25, -0.2) is 9.13 Å². The molecule has 4 rings (SSSR count). The van der Waals surface area contributed by atoms with Crippen molar-refractivity contribution >= 4 is 31.9 Å². The molecule has 0 saturated carbocycles. The minimum atomic E-state index is 1.13. The Kier molecular flexibility index (Phi) is 21.6. The molecule has 2 aromatic heterocycles. The average molecular weight is 807 g/mol. The Balaban J connectivity index is 0.000000319. The third-order valence-electron chi connectivity index (χ3n) is 9.33. The third kappa shape index (κ3) is 18.8. The number of halogens is 2. The van der Waals surface area contributed by atoms with E-state index < -0.39 is 0 Å². The second-order valence-corrected chi connectivity index (χ2v) is 16.1. The van der Waals surface area contributed by atoms with E-state index in [4.69, 9.17) is 0 Å². The zero-order valence-corrected chi connectivity index (χ0v) is 35.0. The van der Waals surface area contributed by atoms with Crippen LogP contribution in [0.15, 0.2) is 85.5 Å². The van der Waals surface area contributed by atoms with Gasteiger partial charge < -0.3 is 0 Å². The first-order valence-corrected chi connectivity index (χ1v) is 21.8. The van der Waals surface area contributed by atoms with E-state index in [1.54, 1.807) is 0 Å². The van der Waals surface area contributed by atoms with Gasteiger partial charge in [0.2, 0.25) is 0 Å². The van der Waals surface area contributed by atoms with Crippen LogP contribution in [0.4, 0.5) is 0 Å². The van der Waals surface area contributed by atoms with Crippen LogP contribution in [0.5, 0.6) is 0 Å². The van der Waals surface area contributed by atoms with Gasteiger partial charge in [0.1, 0.15) is 13.1 Å². The van der Waals surface area contributed by atoms with Crippen LogP contribution < -0.4 is 9.13 Å². The second-order valence-electron chi connectivity index (χ2n) is 14.5. The zero-order chi connectivity index (χ0) is 35.8. The lowest BCUT2D eigenvalue weighted by molar-refractivity contribution is -0.698. The maximum Gasteiger partial charge on any atom is 0.171 e.